The zero-order valence-corrected chi connectivity index (χ0v) is 20.1. The molecule has 1 heterocycles. The summed E-state index contributed by atoms with van der Waals surface area (Å²) in [5.74, 6) is -1.49. The Bertz CT molecular complexity index is 1120. The van der Waals surface area contributed by atoms with Crippen LogP contribution >= 0.6 is 0 Å². The number of hydrogen-bond donors (Lipinski definition) is 3. The number of allylic oxidation sites excluding steroid dienone is 1. The molecule has 0 saturated carbocycles. The van der Waals surface area contributed by atoms with E-state index in [-0.39, 0.29) is 23.8 Å². The van der Waals surface area contributed by atoms with E-state index in [1.165, 1.54) is 18.2 Å². The number of nitrogens with zero attached hydrogens (tertiary/aromatic N) is 1. The molecule has 3 atom stereocenters. The number of amides is 1. The number of dihydropyridines is 1. The van der Waals surface area contributed by atoms with Gasteiger partial charge >= 0.3 is 6.18 Å². The van der Waals surface area contributed by atoms with Gasteiger partial charge in [-0.2, -0.15) is 13.2 Å². The van der Waals surface area contributed by atoms with E-state index in [0.717, 1.165) is 18.4 Å². The summed E-state index contributed by atoms with van der Waals surface area (Å²) in [7, 11) is -3.67. The number of carbonyl (C=O) groups excluding carboxylic acids is 1. The van der Waals surface area contributed by atoms with Crippen molar-refractivity contribution in [2.75, 3.05) is 17.5 Å². The third-order valence-electron chi connectivity index (χ3n) is 5.38. The molecule has 2 rings (SSSR count). The van der Waals surface area contributed by atoms with Gasteiger partial charge in [-0.05, 0) is 44.0 Å². The number of alkyl halides is 3. The van der Waals surface area contributed by atoms with Gasteiger partial charge in [-0.1, -0.05) is 25.6 Å². The quantitative estimate of drug-likeness (QED) is 0.353. The first-order chi connectivity index (χ1) is 15.6. The summed E-state index contributed by atoms with van der Waals surface area (Å²) in [6, 6.07) is 2.88. The van der Waals surface area contributed by atoms with Crippen LogP contribution in [0, 0.1) is 5.82 Å². The number of sulfonamides is 1. The predicted molar refractivity (Wildman–Crippen MR) is 124 cm³/mol. The Morgan fingerprint density at radius 1 is 1.29 bits per heavy atom. The molecule has 2 unspecified atom stereocenters. The van der Waals surface area contributed by atoms with Gasteiger partial charge in [0.25, 0.3) is 0 Å². The number of rotatable bonds is 9. The molecule has 1 aromatic carbocycles. The van der Waals surface area contributed by atoms with Crippen molar-refractivity contribution in [2.45, 2.75) is 51.0 Å². The Balaban J connectivity index is 2.22. The van der Waals surface area contributed by atoms with Crippen LogP contribution in [0.15, 0.2) is 47.5 Å². The fourth-order valence-corrected chi connectivity index (χ4v) is 3.86. The van der Waals surface area contributed by atoms with E-state index in [9.17, 15) is 30.8 Å². The average Bonchev–Trinajstić information content (AvgIpc) is 2.73. The van der Waals surface area contributed by atoms with E-state index in [2.05, 4.69) is 22.2 Å². The van der Waals surface area contributed by atoms with Gasteiger partial charge in [0.15, 0.2) is 0 Å². The highest BCUT2D eigenvalue weighted by Crippen LogP contribution is 2.29. The maximum absolute atomic E-state index is 14.3. The Labute approximate surface area is 196 Å². The molecule has 3 N–H and O–H groups in total. The first-order valence-corrected chi connectivity index (χ1v) is 12.3. The van der Waals surface area contributed by atoms with Crippen LogP contribution in [0.5, 0.6) is 0 Å². The third kappa shape index (κ3) is 6.89. The van der Waals surface area contributed by atoms with Crippen molar-refractivity contribution in [1.82, 2.24) is 10.6 Å². The summed E-state index contributed by atoms with van der Waals surface area (Å²) in [6.07, 6.45) is -1.01. The molecule has 0 aliphatic carbocycles. The van der Waals surface area contributed by atoms with Crippen LogP contribution < -0.4 is 15.4 Å². The van der Waals surface area contributed by atoms with Crippen molar-refractivity contribution in [1.29, 1.82) is 0 Å². The lowest BCUT2D eigenvalue weighted by Crippen LogP contribution is -2.56. The molecule has 1 aromatic rings. The number of carbonyl (C=O) groups is 1. The van der Waals surface area contributed by atoms with Gasteiger partial charge in [-0.25, -0.2) is 12.8 Å². The Morgan fingerprint density at radius 3 is 2.41 bits per heavy atom. The highest BCUT2D eigenvalue weighted by atomic mass is 32.2. The SMILES string of the molecule is C=C(C(=O)NC(C)c1ccc(NS(C)(=O)=O)c(F)c1)[C@]1(NC(C)CC)C=CC(C(F)(F)F)=NC1. The van der Waals surface area contributed by atoms with Crippen LogP contribution in [0.3, 0.4) is 0 Å². The van der Waals surface area contributed by atoms with Crippen molar-refractivity contribution in [3.05, 3.63) is 53.9 Å². The van der Waals surface area contributed by atoms with Crippen LogP contribution in [-0.2, 0) is 14.8 Å². The van der Waals surface area contributed by atoms with Gasteiger partial charge in [0.05, 0.1) is 30.1 Å². The van der Waals surface area contributed by atoms with Gasteiger partial charge in [-0.3, -0.25) is 19.8 Å². The van der Waals surface area contributed by atoms with E-state index >= 15 is 0 Å². The molecule has 1 amide bonds. The van der Waals surface area contributed by atoms with Gasteiger partial charge in [0.2, 0.25) is 15.9 Å². The number of nitrogens with one attached hydrogen (secondary N) is 3. The monoisotopic (exact) mass is 504 g/mol. The molecular weight excluding hydrogens is 476 g/mol. The van der Waals surface area contributed by atoms with Crippen molar-refractivity contribution < 1.29 is 30.8 Å². The second kappa shape index (κ2) is 10.3. The van der Waals surface area contributed by atoms with E-state index in [1.54, 1.807) is 6.92 Å². The predicted octanol–water partition coefficient (Wildman–Crippen LogP) is 3.63. The minimum absolute atomic E-state index is 0.0447. The molecule has 7 nitrogen and oxygen atoms in total. The van der Waals surface area contributed by atoms with Crippen molar-refractivity contribution in [3.8, 4) is 0 Å². The maximum atomic E-state index is 14.3. The largest absolute Gasteiger partial charge is 0.432 e. The zero-order valence-electron chi connectivity index (χ0n) is 19.3. The van der Waals surface area contributed by atoms with Crippen LogP contribution in [0.25, 0.3) is 0 Å². The lowest BCUT2D eigenvalue weighted by Gasteiger charge is -2.37. The summed E-state index contributed by atoms with van der Waals surface area (Å²) in [6.45, 7) is 8.72. The number of aliphatic imine (C=N–C) groups is 1. The molecule has 0 saturated heterocycles. The van der Waals surface area contributed by atoms with Gasteiger partial charge in [-0.15, -0.1) is 0 Å². The van der Waals surface area contributed by atoms with Crippen molar-refractivity contribution in [2.24, 2.45) is 4.99 Å². The molecule has 0 spiro atoms. The molecule has 0 radical (unpaired) electrons. The molecule has 34 heavy (non-hydrogen) atoms. The van der Waals surface area contributed by atoms with E-state index in [1.807, 2.05) is 18.6 Å². The van der Waals surface area contributed by atoms with Crippen LogP contribution in [0.2, 0.25) is 0 Å². The van der Waals surface area contributed by atoms with Crippen molar-refractivity contribution >= 4 is 27.3 Å². The zero-order chi connectivity index (χ0) is 25.9. The van der Waals surface area contributed by atoms with Crippen molar-refractivity contribution in [3.63, 3.8) is 0 Å². The molecule has 0 aromatic heterocycles. The number of halogens is 4. The molecule has 0 fully saturated rings. The van der Waals surface area contributed by atoms with Gasteiger partial charge in [0, 0.05) is 11.6 Å². The second-order valence-electron chi connectivity index (χ2n) is 8.24. The number of benzene rings is 1. The fourth-order valence-electron chi connectivity index (χ4n) is 3.29. The first kappa shape index (κ1) is 27.5. The molecule has 1 aliphatic heterocycles. The molecular formula is C22H28F4N4O3S. The van der Waals surface area contributed by atoms with Crippen LogP contribution in [0.4, 0.5) is 23.2 Å². The fraction of sp³-hybridized carbons (Fsp3) is 0.455. The standard InChI is InChI=1S/C22H28F4N4O3S/c1-6-13(2)29-21(10-9-19(27-12-21)22(24,25)26)14(3)20(31)28-15(4)16-7-8-18(17(23)11-16)30-34(5,32)33/h7-11,13,15,29-30H,3,6,12H2,1-2,4-5H3,(H,28,31)/t13?,15?,21-/m0/s1. The van der Waals surface area contributed by atoms with E-state index in [0.29, 0.717) is 12.0 Å². The van der Waals surface area contributed by atoms with Gasteiger partial charge < -0.3 is 5.32 Å². The average molecular weight is 505 g/mol. The summed E-state index contributed by atoms with van der Waals surface area (Å²) < 4.78 is 78.1. The van der Waals surface area contributed by atoms with E-state index < -0.39 is 45.2 Å². The molecule has 1 aliphatic rings. The minimum Gasteiger partial charge on any atom is -0.346 e. The number of hydrogen-bond acceptors (Lipinski definition) is 5. The normalized spacial score (nSPS) is 20.3. The highest BCUT2D eigenvalue weighted by Gasteiger charge is 2.42. The molecule has 188 valence electrons. The van der Waals surface area contributed by atoms with Gasteiger partial charge in [0.1, 0.15) is 11.5 Å². The summed E-state index contributed by atoms with van der Waals surface area (Å²) in [4.78, 5) is 16.6. The highest BCUT2D eigenvalue weighted by molar-refractivity contribution is 7.92. The summed E-state index contributed by atoms with van der Waals surface area (Å²) in [5.41, 5.74) is -2.32. The maximum Gasteiger partial charge on any atom is 0.432 e. The minimum atomic E-state index is -4.61. The molecule has 12 heteroatoms. The Kier molecular flexibility index (Phi) is 8.30. The second-order valence-corrected chi connectivity index (χ2v) is 9.99. The number of anilines is 1. The van der Waals surface area contributed by atoms with Crippen LogP contribution in [0.1, 0.15) is 38.8 Å². The Hall–Kier alpha value is -2.73. The summed E-state index contributed by atoms with van der Waals surface area (Å²) >= 11 is 0. The smallest absolute Gasteiger partial charge is 0.346 e. The van der Waals surface area contributed by atoms with Crippen LogP contribution in [-0.4, -0.2) is 50.6 Å². The lowest BCUT2D eigenvalue weighted by molar-refractivity contribution is -0.118. The summed E-state index contributed by atoms with van der Waals surface area (Å²) in [5, 5.41) is 5.80. The van der Waals surface area contributed by atoms with E-state index in [4.69, 9.17) is 0 Å². The first-order valence-electron chi connectivity index (χ1n) is 10.4. The lowest BCUT2D eigenvalue weighted by atomic mass is 9.86. The third-order valence-corrected chi connectivity index (χ3v) is 5.97. The Morgan fingerprint density at radius 2 is 1.94 bits per heavy atom. The topological polar surface area (TPSA) is 99.7 Å². The molecule has 0 bridgehead atoms.